The fourth-order valence-corrected chi connectivity index (χ4v) is 19.8. The van der Waals surface area contributed by atoms with Crippen LogP contribution in [0.5, 0.6) is 0 Å². The van der Waals surface area contributed by atoms with Crippen molar-refractivity contribution < 1.29 is 10.2 Å². The summed E-state index contributed by atoms with van der Waals surface area (Å²) in [6, 6.07) is 20.0. The fourth-order valence-electron chi connectivity index (χ4n) is 19.8. The lowest BCUT2D eigenvalue weighted by molar-refractivity contribution is 0.282. The number of unbranched alkanes of at least 4 members (excludes halogenated alkanes) is 54. The van der Waals surface area contributed by atoms with Crippen molar-refractivity contribution in [3.8, 4) is 45.6 Å². The first-order chi connectivity index (χ1) is 59.4. The minimum Gasteiger partial charge on any atom is -0.396 e. The molecule has 120 heavy (non-hydrogen) atoms. The van der Waals surface area contributed by atoms with Gasteiger partial charge in [0.1, 0.15) is 22.6 Å². The number of nitrogens with zero attached hydrogens (tertiary/aromatic N) is 6. The number of fused-ring (bicyclic) bond motifs is 20. The molecule has 9 rings (SSSR count). The van der Waals surface area contributed by atoms with Crippen LogP contribution in [-0.2, 0) is 51.4 Å². The molecule has 8 bridgehead atoms. The third-order valence-corrected chi connectivity index (χ3v) is 27.1. The summed E-state index contributed by atoms with van der Waals surface area (Å²) in [5.41, 5.74) is 19.0. The van der Waals surface area contributed by atoms with Gasteiger partial charge in [-0.1, -0.05) is 424 Å². The number of rotatable bonds is 72. The van der Waals surface area contributed by atoms with Gasteiger partial charge in [0.2, 0.25) is 0 Å². The van der Waals surface area contributed by atoms with E-state index in [9.17, 15) is 10.2 Å². The van der Waals surface area contributed by atoms with Gasteiger partial charge in [0, 0.05) is 57.0 Å². The summed E-state index contributed by atoms with van der Waals surface area (Å²) in [6.07, 6.45) is 84.7. The van der Waals surface area contributed by atoms with Gasteiger partial charge in [-0.3, -0.25) is 0 Å². The first kappa shape index (κ1) is 98.0. The standard InChI is InChI=1S/C110H174N8O2/c1-7-13-19-25-31-39-49-59-69-87-77-78-88(70-60-50-40-32-26-20-14-8-2)96-95(87)103-111-104(96)113-106-98-90(72-62-52-42-34-28-22-16-10-4)80-82-92(74-64-54-44-36-30-24-18-12-6)100(98)108(115-106)117-110-102-94(76-66-56-46-38-48-58-68-86-120)84-83-93(75-65-55-45-37-47-57-67-85-119)101(102)109(118-110)116-107-99-91(73-63-53-43-35-29-23-17-11-5)81-79-89(97(99)105(112-103)114-107)71-61-51-41-33-27-21-15-9-3/h77-84,119-120H,7-76,85-86H2,1-6H3,(H2,111,112,113,114,115,116,117,118). The first-order valence-electron chi connectivity index (χ1n) is 52.0. The second-order valence-corrected chi connectivity index (χ2v) is 37.4. The molecule has 7 aromatic rings. The Labute approximate surface area is 732 Å². The summed E-state index contributed by atoms with van der Waals surface area (Å²) in [6.45, 7) is 14.6. The van der Waals surface area contributed by atoms with Crippen LogP contribution >= 0.6 is 0 Å². The molecule has 0 saturated heterocycles. The molecule has 0 radical (unpaired) electrons. The molecule has 0 fully saturated rings. The predicted molar refractivity (Wildman–Crippen MR) is 520 cm³/mol. The van der Waals surface area contributed by atoms with E-state index in [2.05, 4.69) is 100 Å². The van der Waals surface area contributed by atoms with E-state index in [4.69, 9.17) is 29.9 Å². The Balaban J connectivity index is 1.37. The Bertz CT molecular complexity index is 3610. The summed E-state index contributed by atoms with van der Waals surface area (Å²) >= 11 is 0. The molecule has 5 heterocycles. The van der Waals surface area contributed by atoms with Crippen LogP contribution in [0.15, 0.2) is 48.5 Å². The number of aromatic amines is 2. The number of hydrogen-bond donors (Lipinski definition) is 4. The molecular formula is C110H174N8O2. The maximum absolute atomic E-state index is 9.67. The maximum atomic E-state index is 9.67. The molecule has 10 nitrogen and oxygen atoms in total. The summed E-state index contributed by atoms with van der Waals surface area (Å²) in [5.74, 6) is 3.15. The SMILES string of the molecule is CCCCCCCCCCc1ccc(CCCCCCCCCC)c2c1-c1nc-2nc2[nH]c(nc3nc(nc4[nH]c(n1)c1c(CCCCCCCCCC)ccc(CCCCCCCCCC)c41)-c1c(CCCCCCCCCC)ccc(CCCCCCCCCC)c1-3)c1c(CCCCCCCCCO)ccc(CCCCCCCCCO)c21. The lowest BCUT2D eigenvalue weighted by Gasteiger charge is -2.13. The zero-order chi connectivity index (χ0) is 84.1. The van der Waals surface area contributed by atoms with E-state index in [0.717, 1.165) is 187 Å². The van der Waals surface area contributed by atoms with Crippen molar-refractivity contribution in [2.45, 2.75) is 491 Å². The molecule has 2 aliphatic rings. The van der Waals surface area contributed by atoms with E-state index < -0.39 is 0 Å². The van der Waals surface area contributed by atoms with E-state index in [1.54, 1.807) is 0 Å². The van der Waals surface area contributed by atoms with Gasteiger partial charge in [0.15, 0.2) is 23.3 Å². The average molecular weight is 1640 g/mol. The molecule has 0 amide bonds. The largest absolute Gasteiger partial charge is 0.396 e. The normalized spacial score (nSPS) is 12.1. The first-order valence-corrected chi connectivity index (χ1v) is 52.0. The zero-order valence-corrected chi connectivity index (χ0v) is 78.1. The summed E-state index contributed by atoms with van der Waals surface area (Å²) in [7, 11) is 0. The highest BCUT2D eigenvalue weighted by Gasteiger charge is 2.31. The van der Waals surface area contributed by atoms with E-state index in [1.165, 1.54) is 397 Å². The number of aliphatic hydroxyl groups excluding tert-OH is 2. The van der Waals surface area contributed by atoms with Gasteiger partial charge in [0.05, 0.1) is 0 Å². The monoisotopic (exact) mass is 1640 g/mol. The minimum atomic E-state index is 0.281. The van der Waals surface area contributed by atoms with Crippen molar-refractivity contribution in [3.63, 3.8) is 0 Å². The maximum Gasteiger partial charge on any atom is 0.165 e. The number of H-pyrrole nitrogens is 2. The fraction of sp³-hybridized carbons (Fsp3) is 0.709. The van der Waals surface area contributed by atoms with Crippen molar-refractivity contribution in [2.75, 3.05) is 13.2 Å². The number of hydrogen-bond acceptors (Lipinski definition) is 8. The van der Waals surface area contributed by atoms with E-state index in [1.807, 2.05) is 0 Å². The smallest absolute Gasteiger partial charge is 0.165 e. The van der Waals surface area contributed by atoms with Crippen LogP contribution in [0.1, 0.15) is 484 Å². The Morgan fingerprint density at radius 1 is 0.175 bits per heavy atom. The van der Waals surface area contributed by atoms with Gasteiger partial charge in [-0.05, 0) is 160 Å². The van der Waals surface area contributed by atoms with Crippen LogP contribution in [0.3, 0.4) is 0 Å². The summed E-state index contributed by atoms with van der Waals surface area (Å²) in [4.78, 5) is 45.4. The number of aromatic nitrogens is 8. The summed E-state index contributed by atoms with van der Waals surface area (Å²) in [5, 5.41) is 24.2. The Morgan fingerprint density at radius 2 is 0.317 bits per heavy atom. The third kappa shape index (κ3) is 32.6. The van der Waals surface area contributed by atoms with Gasteiger partial charge in [0.25, 0.3) is 0 Å². The summed E-state index contributed by atoms with van der Waals surface area (Å²) < 4.78 is 0. The van der Waals surface area contributed by atoms with Gasteiger partial charge in [-0.25, -0.2) is 29.9 Å². The lowest BCUT2D eigenvalue weighted by atomic mass is 9.90. The predicted octanol–water partition coefficient (Wildman–Crippen LogP) is 33.5. The molecule has 4 aromatic carbocycles. The number of aliphatic hydroxyl groups is 2. The van der Waals surface area contributed by atoms with Crippen molar-refractivity contribution in [1.82, 2.24) is 39.9 Å². The molecule has 0 unspecified atom stereocenters. The second kappa shape index (κ2) is 59.9. The molecule has 0 saturated carbocycles. The van der Waals surface area contributed by atoms with Crippen molar-refractivity contribution in [2.24, 2.45) is 0 Å². The number of aryl methyl sites for hydroxylation is 8. The Kier molecular flexibility index (Phi) is 48.9. The van der Waals surface area contributed by atoms with E-state index in [-0.39, 0.29) is 13.2 Å². The molecule has 0 spiro atoms. The molecule has 4 N–H and O–H groups in total. The van der Waals surface area contributed by atoms with Gasteiger partial charge < -0.3 is 20.2 Å². The minimum absolute atomic E-state index is 0.281. The Hall–Kier alpha value is -5.84. The highest BCUT2D eigenvalue weighted by Crippen LogP contribution is 2.46. The molecular weight excluding hydrogens is 1470 g/mol. The van der Waals surface area contributed by atoms with Crippen LogP contribution in [-0.4, -0.2) is 63.3 Å². The highest BCUT2D eigenvalue weighted by atomic mass is 16.3. The van der Waals surface area contributed by atoms with Crippen LogP contribution in [0.25, 0.3) is 89.7 Å². The van der Waals surface area contributed by atoms with Crippen molar-refractivity contribution in [1.29, 1.82) is 0 Å². The highest BCUT2D eigenvalue weighted by molar-refractivity contribution is 6.10. The van der Waals surface area contributed by atoms with Crippen molar-refractivity contribution in [3.05, 3.63) is 93.0 Å². The third-order valence-electron chi connectivity index (χ3n) is 27.1. The number of benzene rings is 4. The molecule has 2 aliphatic heterocycles. The van der Waals surface area contributed by atoms with Gasteiger partial charge >= 0.3 is 0 Å². The van der Waals surface area contributed by atoms with Crippen molar-refractivity contribution >= 4 is 44.1 Å². The average Bonchev–Trinajstić information content (AvgIpc) is 1.57. The number of nitrogens with one attached hydrogen (secondary N) is 2. The van der Waals surface area contributed by atoms with Crippen LogP contribution in [0.2, 0.25) is 0 Å². The van der Waals surface area contributed by atoms with Gasteiger partial charge in [-0.15, -0.1) is 0 Å². The van der Waals surface area contributed by atoms with E-state index >= 15 is 0 Å². The molecule has 0 aliphatic carbocycles. The lowest BCUT2D eigenvalue weighted by Crippen LogP contribution is -1.98. The van der Waals surface area contributed by atoms with Crippen LogP contribution < -0.4 is 0 Å². The quantitative estimate of drug-likeness (QED) is 0.0275. The molecule has 666 valence electrons. The second-order valence-electron chi connectivity index (χ2n) is 37.4. The van der Waals surface area contributed by atoms with E-state index in [0.29, 0.717) is 0 Å². The van der Waals surface area contributed by atoms with Crippen LogP contribution in [0.4, 0.5) is 0 Å². The zero-order valence-electron chi connectivity index (χ0n) is 78.1. The van der Waals surface area contributed by atoms with Gasteiger partial charge in [-0.2, -0.15) is 0 Å². The topological polar surface area (TPSA) is 149 Å². The molecule has 3 aromatic heterocycles. The molecule has 0 atom stereocenters. The van der Waals surface area contributed by atoms with Crippen LogP contribution in [0, 0.1) is 0 Å². The molecule has 10 heteroatoms. The Morgan fingerprint density at radius 3 is 0.483 bits per heavy atom.